The van der Waals surface area contributed by atoms with Crippen LogP contribution in [-0.2, 0) is 6.54 Å². The molecule has 0 spiro atoms. The van der Waals surface area contributed by atoms with Crippen LogP contribution in [-0.4, -0.2) is 29.5 Å². The highest BCUT2D eigenvalue weighted by Crippen LogP contribution is 2.18. The number of aliphatic hydroxyl groups is 2. The number of benzene rings is 2. The molecular weight excluding hydrogens is 214 g/mol. The molecule has 2 aromatic rings. The van der Waals surface area contributed by atoms with E-state index in [9.17, 15) is 0 Å². The van der Waals surface area contributed by atoms with Gasteiger partial charge in [-0.2, -0.15) is 0 Å². The molecular formula is C14H17NO2. The molecule has 3 N–H and O–H groups in total. The van der Waals surface area contributed by atoms with Gasteiger partial charge in [0, 0.05) is 6.54 Å². The molecule has 0 unspecified atom stereocenters. The zero-order valence-corrected chi connectivity index (χ0v) is 9.63. The fraction of sp³-hybridized carbons (Fsp3) is 0.286. The lowest BCUT2D eigenvalue weighted by molar-refractivity contribution is 0.170. The van der Waals surface area contributed by atoms with E-state index in [4.69, 9.17) is 10.2 Å². The Morgan fingerprint density at radius 2 is 1.65 bits per heavy atom. The minimum Gasteiger partial charge on any atom is -0.395 e. The van der Waals surface area contributed by atoms with Crippen LogP contribution < -0.4 is 5.32 Å². The molecule has 90 valence electrons. The van der Waals surface area contributed by atoms with E-state index in [0.717, 1.165) is 0 Å². The van der Waals surface area contributed by atoms with E-state index in [1.165, 1.54) is 16.3 Å². The molecule has 3 nitrogen and oxygen atoms in total. The Morgan fingerprint density at radius 3 is 2.41 bits per heavy atom. The summed E-state index contributed by atoms with van der Waals surface area (Å²) in [5, 5.41) is 23.5. The normalized spacial score (nSPS) is 11.2. The number of hydrogen-bond donors (Lipinski definition) is 3. The third-order valence-electron chi connectivity index (χ3n) is 2.90. The van der Waals surface area contributed by atoms with Crippen molar-refractivity contribution in [3.63, 3.8) is 0 Å². The van der Waals surface area contributed by atoms with Crippen molar-refractivity contribution in [1.29, 1.82) is 0 Å². The minimum absolute atomic E-state index is 0.0543. The first-order valence-corrected chi connectivity index (χ1v) is 5.77. The molecule has 0 aliphatic carbocycles. The van der Waals surface area contributed by atoms with Crippen molar-refractivity contribution in [2.75, 3.05) is 13.2 Å². The first kappa shape index (κ1) is 12.0. The summed E-state index contributed by atoms with van der Waals surface area (Å²) >= 11 is 0. The summed E-state index contributed by atoms with van der Waals surface area (Å²) in [5.41, 5.74) is 1.18. The van der Waals surface area contributed by atoms with Crippen LogP contribution in [0.3, 0.4) is 0 Å². The number of rotatable bonds is 5. The Bertz CT molecular complexity index is 475. The molecule has 2 rings (SSSR count). The van der Waals surface area contributed by atoms with Crippen LogP contribution in [0.15, 0.2) is 42.5 Å². The van der Waals surface area contributed by atoms with Gasteiger partial charge in [-0.1, -0.05) is 42.5 Å². The Hall–Kier alpha value is -1.42. The maximum Gasteiger partial charge on any atom is 0.0607 e. The molecule has 3 heteroatoms. The lowest BCUT2D eigenvalue weighted by Crippen LogP contribution is -2.35. The maximum absolute atomic E-state index is 8.99. The van der Waals surface area contributed by atoms with Crippen molar-refractivity contribution in [3.05, 3.63) is 48.0 Å². The van der Waals surface area contributed by atoms with Gasteiger partial charge in [0.1, 0.15) is 0 Å². The van der Waals surface area contributed by atoms with Gasteiger partial charge in [0.05, 0.1) is 19.3 Å². The average Bonchev–Trinajstić information content (AvgIpc) is 2.40. The summed E-state index contributed by atoms with van der Waals surface area (Å²) in [4.78, 5) is 0. The van der Waals surface area contributed by atoms with Crippen LogP contribution in [0.25, 0.3) is 10.8 Å². The van der Waals surface area contributed by atoms with Gasteiger partial charge >= 0.3 is 0 Å². The summed E-state index contributed by atoms with van der Waals surface area (Å²) in [6.07, 6.45) is 0. The lowest BCUT2D eigenvalue weighted by atomic mass is 10.0. The second kappa shape index (κ2) is 5.77. The minimum atomic E-state index is -0.256. The summed E-state index contributed by atoms with van der Waals surface area (Å²) in [6.45, 7) is 0.537. The van der Waals surface area contributed by atoms with Crippen molar-refractivity contribution < 1.29 is 10.2 Å². The first-order valence-electron chi connectivity index (χ1n) is 5.77. The zero-order valence-electron chi connectivity index (χ0n) is 9.63. The number of hydrogen-bond acceptors (Lipinski definition) is 3. The van der Waals surface area contributed by atoms with Gasteiger partial charge in [0.25, 0.3) is 0 Å². The lowest BCUT2D eigenvalue weighted by Gasteiger charge is -2.14. The third kappa shape index (κ3) is 2.82. The second-order valence-corrected chi connectivity index (χ2v) is 4.08. The Balaban J connectivity index is 2.18. The van der Waals surface area contributed by atoms with Gasteiger partial charge in [-0.05, 0) is 16.3 Å². The smallest absolute Gasteiger partial charge is 0.0607 e. The highest BCUT2D eigenvalue weighted by Gasteiger charge is 2.05. The molecule has 0 aliphatic rings. The monoisotopic (exact) mass is 231 g/mol. The molecule has 0 aromatic heterocycles. The molecule has 0 bridgehead atoms. The van der Waals surface area contributed by atoms with Crippen LogP contribution >= 0.6 is 0 Å². The Labute approximate surface area is 101 Å². The van der Waals surface area contributed by atoms with E-state index in [1.807, 2.05) is 18.2 Å². The van der Waals surface area contributed by atoms with E-state index in [1.54, 1.807) is 0 Å². The van der Waals surface area contributed by atoms with E-state index in [0.29, 0.717) is 6.54 Å². The molecule has 17 heavy (non-hydrogen) atoms. The zero-order chi connectivity index (χ0) is 12.1. The molecule has 0 saturated heterocycles. The molecule has 0 saturated carbocycles. The molecule has 0 amide bonds. The van der Waals surface area contributed by atoms with Crippen molar-refractivity contribution in [2.45, 2.75) is 12.6 Å². The van der Waals surface area contributed by atoms with Crippen LogP contribution in [0.2, 0.25) is 0 Å². The standard InChI is InChI=1S/C14H17NO2/c16-9-13(10-17)15-8-12-6-3-5-11-4-1-2-7-14(11)12/h1-7,13,15-17H,8-10H2. The van der Waals surface area contributed by atoms with Crippen LogP contribution in [0, 0.1) is 0 Å². The number of aliphatic hydroxyl groups excluding tert-OH is 2. The highest BCUT2D eigenvalue weighted by molar-refractivity contribution is 5.85. The SMILES string of the molecule is OCC(CO)NCc1cccc2ccccc12. The van der Waals surface area contributed by atoms with Crippen molar-refractivity contribution in [3.8, 4) is 0 Å². The van der Waals surface area contributed by atoms with Crippen molar-refractivity contribution >= 4 is 10.8 Å². The van der Waals surface area contributed by atoms with E-state index in [-0.39, 0.29) is 19.3 Å². The molecule has 2 aromatic carbocycles. The number of fused-ring (bicyclic) bond motifs is 1. The number of nitrogens with one attached hydrogen (secondary N) is 1. The predicted molar refractivity (Wildman–Crippen MR) is 68.7 cm³/mol. The van der Waals surface area contributed by atoms with E-state index in [2.05, 4.69) is 29.6 Å². The maximum atomic E-state index is 8.99. The molecule has 0 radical (unpaired) electrons. The largest absolute Gasteiger partial charge is 0.395 e. The van der Waals surface area contributed by atoms with Crippen LogP contribution in [0.1, 0.15) is 5.56 Å². The van der Waals surface area contributed by atoms with Crippen molar-refractivity contribution in [2.24, 2.45) is 0 Å². The highest BCUT2D eigenvalue weighted by atomic mass is 16.3. The van der Waals surface area contributed by atoms with Gasteiger partial charge in [0.15, 0.2) is 0 Å². The Morgan fingerprint density at radius 1 is 0.941 bits per heavy atom. The first-order chi connectivity index (χ1) is 8.35. The molecule has 0 fully saturated rings. The third-order valence-corrected chi connectivity index (χ3v) is 2.90. The van der Waals surface area contributed by atoms with E-state index < -0.39 is 0 Å². The summed E-state index contributed by atoms with van der Waals surface area (Å²) in [5.74, 6) is 0. The van der Waals surface area contributed by atoms with Crippen LogP contribution in [0.4, 0.5) is 0 Å². The van der Waals surface area contributed by atoms with Gasteiger partial charge in [-0.3, -0.25) is 0 Å². The predicted octanol–water partition coefficient (Wildman–Crippen LogP) is 1.28. The molecule has 0 atom stereocenters. The van der Waals surface area contributed by atoms with Crippen molar-refractivity contribution in [1.82, 2.24) is 5.32 Å². The summed E-state index contributed by atoms with van der Waals surface area (Å²) < 4.78 is 0. The summed E-state index contributed by atoms with van der Waals surface area (Å²) in [7, 11) is 0. The van der Waals surface area contributed by atoms with Gasteiger partial charge in [-0.15, -0.1) is 0 Å². The second-order valence-electron chi connectivity index (χ2n) is 4.08. The summed E-state index contributed by atoms with van der Waals surface area (Å²) in [6, 6.07) is 14.1. The van der Waals surface area contributed by atoms with Gasteiger partial charge in [-0.25, -0.2) is 0 Å². The Kier molecular flexibility index (Phi) is 4.09. The molecule has 0 heterocycles. The molecule has 0 aliphatic heterocycles. The average molecular weight is 231 g/mol. The fourth-order valence-electron chi connectivity index (χ4n) is 1.89. The fourth-order valence-corrected chi connectivity index (χ4v) is 1.89. The van der Waals surface area contributed by atoms with E-state index >= 15 is 0 Å². The quantitative estimate of drug-likeness (QED) is 0.726. The topological polar surface area (TPSA) is 52.5 Å². The van der Waals surface area contributed by atoms with Gasteiger partial charge < -0.3 is 15.5 Å². The van der Waals surface area contributed by atoms with Crippen LogP contribution in [0.5, 0.6) is 0 Å². The van der Waals surface area contributed by atoms with Gasteiger partial charge in [0.2, 0.25) is 0 Å².